The summed E-state index contributed by atoms with van der Waals surface area (Å²) in [5.74, 6) is -0.651. The van der Waals surface area contributed by atoms with E-state index in [9.17, 15) is 19.5 Å². The molecule has 5 N–H and O–H groups in total. The molecule has 1 aliphatic rings. The Labute approximate surface area is 198 Å². The average molecular weight is 470 g/mol. The highest BCUT2D eigenvalue weighted by Crippen LogP contribution is 2.27. The Morgan fingerprint density at radius 3 is 2.62 bits per heavy atom. The first-order chi connectivity index (χ1) is 16.3. The number of carbonyl (C=O) groups is 3. The van der Waals surface area contributed by atoms with Crippen LogP contribution in [0, 0.1) is 0 Å². The quantitative estimate of drug-likeness (QED) is 0.401. The number of nitrogens with zero attached hydrogens (tertiary/aromatic N) is 2. The maximum atomic E-state index is 13.1. The molecule has 10 nitrogen and oxygen atoms in total. The fourth-order valence-corrected chi connectivity index (χ4v) is 4.13. The van der Waals surface area contributed by atoms with Crippen LogP contribution in [0.4, 0.5) is 0 Å². The van der Waals surface area contributed by atoms with E-state index < -0.39 is 30.1 Å². The van der Waals surface area contributed by atoms with Crippen LogP contribution in [0.1, 0.15) is 30.0 Å². The molecule has 3 amide bonds. The van der Waals surface area contributed by atoms with Gasteiger partial charge in [-0.25, -0.2) is 0 Å². The molecule has 10 heteroatoms. The Morgan fingerprint density at radius 2 is 1.94 bits per heavy atom. The van der Waals surface area contributed by atoms with Gasteiger partial charge in [0.05, 0.1) is 13.2 Å². The van der Waals surface area contributed by atoms with Crippen molar-refractivity contribution in [1.29, 1.82) is 0 Å². The van der Waals surface area contributed by atoms with E-state index in [-0.39, 0.29) is 37.6 Å². The van der Waals surface area contributed by atoms with Gasteiger partial charge in [0.15, 0.2) is 0 Å². The summed E-state index contributed by atoms with van der Waals surface area (Å²) < 4.78 is 5.32. The fraction of sp³-hybridized carbons (Fsp3) is 0.417. The lowest BCUT2D eigenvalue weighted by molar-refractivity contribution is -0.139. The topological polar surface area (TPSA) is 147 Å². The van der Waals surface area contributed by atoms with Crippen molar-refractivity contribution in [3.63, 3.8) is 0 Å². The molecule has 1 fully saturated rings. The van der Waals surface area contributed by atoms with E-state index in [4.69, 9.17) is 10.5 Å². The number of pyridine rings is 1. The van der Waals surface area contributed by atoms with Crippen LogP contribution in [-0.4, -0.2) is 71.6 Å². The van der Waals surface area contributed by atoms with E-state index in [1.165, 1.54) is 19.1 Å². The molecule has 4 atom stereocenters. The zero-order valence-corrected chi connectivity index (χ0v) is 19.3. The molecule has 0 aliphatic carbocycles. The third-order valence-electron chi connectivity index (χ3n) is 5.90. The van der Waals surface area contributed by atoms with Gasteiger partial charge in [-0.2, -0.15) is 0 Å². The molecule has 0 bridgehead atoms. The minimum absolute atomic E-state index is 0.0184. The fourth-order valence-electron chi connectivity index (χ4n) is 4.13. The van der Waals surface area contributed by atoms with Crippen LogP contribution < -0.4 is 21.1 Å². The molecule has 0 saturated carbocycles. The van der Waals surface area contributed by atoms with Crippen LogP contribution >= 0.6 is 0 Å². The van der Waals surface area contributed by atoms with Crippen LogP contribution in [0.25, 0.3) is 0 Å². The summed E-state index contributed by atoms with van der Waals surface area (Å²) in [5, 5.41) is 15.5. The summed E-state index contributed by atoms with van der Waals surface area (Å²) in [4.78, 5) is 43.9. The number of amides is 3. The van der Waals surface area contributed by atoms with Crippen molar-refractivity contribution in [2.45, 2.75) is 43.5 Å². The van der Waals surface area contributed by atoms with Gasteiger partial charge in [-0.1, -0.05) is 18.2 Å². The number of aromatic nitrogens is 1. The van der Waals surface area contributed by atoms with Gasteiger partial charge in [0.2, 0.25) is 17.7 Å². The van der Waals surface area contributed by atoms with Crippen LogP contribution in [-0.2, 0) is 20.8 Å². The SMILES string of the molecule is CNC(=O)[C@H](Cc1ccncc1)NC(=O)[C@@H]1C[C@@H](O)CN1C(=O)C[C@H](N)c1ccccc1OC. The largest absolute Gasteiger partial charge is 0.496 e. The molecule has 34 heavy (non-hydrogen) atoms. The number of rotatable bonds is 9. The lowest BCUT2D eigenvalue weighted by atomic mass is 10.0. The number of carbonyl (C=O) groups excluding carboxylic acids is 3. The third kappa shape index (κ3) is 6.09. The minimum Gasteiger partial charge on any atom is -0.496 e. The van der Waals surface area contributed by atoms with Crippen molar-refractivity contribution in [3.8, 4) is 5.75 Å². The Balaban J connectivity index is 1.70. The van der Waals surface area contributed by atoms with Gasteiger partial charge in [-0.05, 0) is 23.8 Å². The van der Waals surface area contributed by atoms with E-state index >= 15 is 0 Å². The highest BCUT2D eigenvalue weighted by atomic mass is 16.5. The van der Waals surface area contributed by atoms with Crippen molar-refractivity contribution in [2.75, 3.05) is 20.7 Å². The molecule has 0 spiro atoms. The van der Waals surface area contributed by atoms with E-state index in [2.05, 4.69) is 15.6 Å². The van der Waals surface area contributed by atoms with Gasteiger partial charge in [0.1, 0.15) is 17.8 Å². The molecule has 3 rings (SSSR count). The first-order valence-corrected chi connectivity index (χ1v) is 11.1. The Kier molecular flexibility index (Phi) is 8.55. The number of methoxy groups -OCH3 is 1. The predicted octanol–water partition coefficient (Wildman–Crippen LogP) is -0.0846. The van der Waals surface area contributed by atoms with Gasteiger partial charge < -0.3 is 31.1 Å². The van der Waals surface area contributed by atoms with Crippen molar-refractivity contribution < 1.29 is 24.2 Å². The summed E-state index contributed by atoms with van der Waals surface area (Å²) in [5.41, 5.74) is 7.77. The first kappa shape index (κ1) is 25.1. The highest BCUT2D eigenvalue weighted by molar-refractivity contribution is 5.92. The van der Waals surface area contributed by atoms with Crippen molar-refractivity contribution in [1.82, 2.24) is 20.5 Å². The molecular weight excluding hydrogens is 438 g/mol. The predicted molar refractivity (Wildman–Crippen MR) is 125 cm³/mol. The molecule has 0 radical (unpaired) electrons. The minimum atomic E-state index is -0.906. The van der Waals surface area contributed by atoms with Crippen molar-refractivity contribution >= 4 is 17.7 Å². The molecule has 1 aliphatic heterocycles. The number of nitrogens with one attached hydrogen (secondary N) is 2. The van der Waals surface area contributed by atoms with Gasteiger partial charge in [0.25, 0.3) is 0 Å². The lowest BCUT2D eigenvalue weighted by Gasteiger charge is -2.27. The molecule has 1 aromatic carbocycles. The van der Waals surface area contributed by atoms with Gasteiger partial charge in [-0.15, -0.1) is 0 Å². The summed E-state index contributed by atoms with van der Waals surface area (Å²) in [6.07, 6.45) is 2.65. The zero-order valence-electron chi connectivity index (χ0n) is 19.3. The molecule has 182 valence electrons. The monoisotopic (exact) mass is 469 g/mol. The molecule has 1 saturated heterocycles. The van der Waals surface area contributed by atoms with Crippen LogP contribution in [0.5, 0.6) is 5.75 Å². The van der Waals surface area contributed by atoms with E-state index in [1.54, 1.807) is 42.7 Å². The van der Waals surface area contributed by atoms with Gasteiger partial charge >= 0.3 is 0 Å². The summed E-state index contributed by atoms with van der Waals surface area (Å²) in [7, 11) is 3.02. The van der Waals surface area contributed by atoms with Crippen LogP contribution in [0.2, 0.25) is 0 Å². The maximum absolute atomic E-state index is 13.1. The molecule has 0 unspecified atom stereocenters. The standard InChI is InChI=1S/C24H31N5O5/c1-26-23(32)19(11-15-7-9-27-10-8-15)28-24(33)20-12-16(30)14-29(20)22(31)13-18(25)17-5-3-4-6-21(17)34-2/h3-10,16,18-20,30H,11-14,25H2,1-2H3,(H,26,32)(H,28,33)/t16-,18+,19+,20+/m1/s1. The number of β-amino-alcohol motifs (C(OH)–C–C–N with tert-alkyl or cyclic N) is 1. The lowest BCUT2D eigenvalue weighted by Crippen LogP contribution is -2.53. The molecule has 2 heterocycles. The summed E-state index contributed by atoms with van der Waals surface area (Å²) in [6, 6.07) is 8.29. The van der Waals surface area contributed by atoms with E-state index in [1.807, 2.05) is 6.07 Å². The highest BCUT2D eigenvalue weighted by Gasteiger charge is 2.40. The number of hydrogen-bond donors (Lipinski definition) is 4. The number of hydrogen-bond acceptors (Lipinski definition) is 7. The third-order valence-corrected chi connectivity index (χ3v) is 5.90. The Bertz CT molecular complexity index is 1000. The van der Waals surface area contributed by atoms with Crippen LogP contribution in [0.3, 0.4) is 0 Å². The van der Waals surface area contributed by atoms with Crippen molar-refractivity contribution in [2.24, 2.45) is 5.73 Å². The maximum Gasteiger partial charge on any atom is 0.243 e. The number of aliphatic hydroxyl groups excluding tert-OH is 1. The number of para-hydroxylation sites is 1. The second-order valence-corrected chi connectivity index (χ2v) is 8.24. The van der Waals surface area contributed by atoms with Crippen molar-refractivity contribution in [3.05, 3.63) is 59.9 Å². The Hall–Kier alpha value is -3.50. The molecule has 1 aromatic heterocycles. The summed E-state index contributed by atoms with van der Waals surface area (Å²) in [6.45, 7) is 0.0184. The van der Waals surface area contributed by atoms with Gasteiger partial charge in [-0.3, -0.25) is 19.4 Å². The van der Waals surface area contributed by atoms with Gasteiger partial charge in [0, 0.05) is 56.9 Å². The number of likely N-dealkylation sites (N-methyl/N-ethyl adjacent to an activating group) is 1. The number of benzene rings is 1. The first-order valence-electron chi connectivity index (χ1n) is 11.1. The second-order valence-electron chi connectivity index (χ2n) is 8.24. The average Bonchev–Trinajstić information content (AvgIpc) is 3.25. The Morgan fingerprint density at radius 1 is 1.24 bits per heavy atom. The smallest absolute Gasteiger partial charge is 0.243 e. The van der Waals surface area contributed by atoms with E-state index in [0.29, 0.717) is 11.3 Å². The second kappa shape index (κ2) is 11.6. The number of ether oxygens (including phenoxy) is 1. The zero-order chi connectivity index (χ0) is 24.7. The molecular formula is C24H31N5O5. The number of aliphatic hydroxyl groups is 1. The van der Waals surface area contributed by atoms with Crippen LogP contribution in [0.15, 0.2) is 48.8 Å². The van der Waals surface area contributed by atoms with E-state index in [0.717, 1.165) is 5.56 Å². The normalized spacial score (nSPS) is 19.2. The molecule has 2 aromatic rings. The number of likely N-dealkylation sites (tertiary alicyclic amines) is 1. The number of nitrogens with two attached hydrogens (primary N) is 1. The summed E-state index contributed by atoms with van der Waals surface area (Å²) >= 11 is 0.